The van der Waals surface area contributed by atoms with Crippen LogP contribution in [-0.4, -0.2) is 20.8 Å². The predicted molar refractivity (Wildman–Crippen MR) is 57.7 cm³/mol. The monoisotopic (exact) mass is 209 g/mol. The van der Waals surface area contributed by atoms with Gasteiger partial charge in [-0.15, -0.1) is 0 Å². The Morgan fingerprint density at radius 2 is 2.40 bits per heavy atom. The van der Waals surface area contributed by atoms with Gasteiger partial charge >= 0.3 is 0 Å². The Kier molecular flexibility index (Phi) is 3.02. The lowest BCUT2D eigenvalue weighted by atomic mass is 9.94. The Hall–Kier alpha value is -0.940. The third kappa shape index (κ3) is 2.35. The van der Waals surface area contributed by atoms with Gasteiger partial charge in [-0.2, -0.15) is 5.10 Å². The molecule has 1 aromatic heterocycles. The van der Waals surface area contributed by atoms with Crippen molar-refractivity contribution in [2.45, 2.75) is 32.2 Å². The van der Waals surface area contributed by atoms with E-state index in [1.54, 1.807) is 6.33 Å². The lowest BCUT2D eigenvalue weighted by molar-refractivity contribution is 0.336. The standard InChI is InChI=1S/C10H19N5/c1-7(8-3-4-8)9(14-11)5-10-12-6-13-15(10)2/h6-9,14H,3-5,11H2,1-2H3. The Balaban J connectivity index is 1.98. The fraction of sp³-hybridized carbons (Fsp3) is 0.800. The van der Waals surface area contributed by atoms with Gasteiger partial charge in [-0.25, -0.2) is 4.98 Å². The van der Waals surface area contributed by atoms with Crippen molar-refractivity contribution < 1.29 is 0 Å². The molecule has 5 nitrogen and oxygen atoms in total. The van der Waals surface area contributed by atoms with Crippen LogP contribution in [0.25, 0.3) is 0 Å². The average molecular weight is 209 g/mol. The smallest absolute Gasteiger partial charge is 0.138 e. The number of nitrogens with one attached hydrogen (secondary N) is 1. The maximum atomic E-state index is 5.60. The Bertz CT molecular complexity index is 317. The largest absolute Gasteiger partial charge is 0.271 e. The van der Waals surface area contributed by atoms with E-state index in [0.717, 1.165) is 18.2 Å². The average Bonchev–Trinajstić information content (AvgIpc) is 3.00. The van der Waals surface area contributed by atoms with Gasteiger partial charge in [-0.05, 0) is 24.7 Å². The van der Waals surface area contributed by atoms with Crippen LogP contribution in [0.2, 0.25) is 0 Å². The summed E-state index contributed by atoms with van der Waals surface area (Å²) in [5.41, 5.74) is 2.91. The van der Waals surface area contributed by atoms with Crippen LogP contribution in [0.5, 0.6) is 0 Å². The van der Waals surface area contributed by atoms with Crippen LogP contribution in [-0.2, 0) is 13.5 Å². The van der Waals surface area contributed by atoms with Crippen LogP contribution in [0.15, 0.2) is 6.33 Å². The van der Waals surface area contributed by atoms with Gasteiger partial charge in [0.15, 0.2) is 0 Å². The third-order valence-corrected chi connectivity index (χ3v) is 3.42. The molecular weight excluding hydrogens is 190 g/mol. The maximum Gasteiger partial charge on any atom is 0.138 e. The van der Waals surface area contributed by atoms with E-state index in [-0.39, 0.29) is 0 Å². The van der Waals surface area contributed by atoms with Crippen LogP contribution >= 0.6 is 0 Å². The van der Waals surface area contributed by atoms with Gasteiger partial charge in [0.2, 0.25) is 0 Å². The fourth-order valence-corrected chi connectivity index (χ4v) is 2.05. The number of aryl methyl sites for hydroxylation is 1. The first-order chi connectivity index (χ1) is 7.22. The first-order valence-electron chi connectivity index (χ1n) is 5.51. The van der Waals surface area contributed by atoms with E-state index in [1.807, 2.05) is 11.7 Å². The summed E-state index contributed by atoms with van der Waals surface area (Å²) < 4.78 is 1.81. The van der Waals surface area contributed by atoms with Crippen molar-refractivity contribution in [3.8, 4) is 0 Å². The Labute approximate surface area is 90.0 Å². The third-order valence-electron chi connectivity index (χ3n) is 3.42. The van der Waals surface area contributed by atoms with E-state index in [9.17, 15) is 0 Å². The molecule has 5 heteroatoms. The summed E-state index contributed by atoms with van der Waals surface area (Å²) in [4.78, 5) is 4.22. The van der Waals surface area contributed by atoms with E-state index in [1.165, 1.54) is 12.8 Å². The molecule has 1 fully saturated rings. The lowest BCUT2D eigenvalue weighted by Gasteiger charge is -2.22. The topological polar surface area (TPSA) is 68.8 Å². The lowest BCUT2D eigenvalue weighted by Crippen LogP contribution is -2.42. The first kappa shape index (κ1) is 10.6. The number of hydrogen-bond donors (Lipinski definition) is 2. The van der Waals surface area contributed by atoms with Crippen LogP contribution < -0.4 is 11.3 Å². The molecule has 1 aliphatic rings. The minimum absolute atomic E-state index is 0.306. The molecule has 2 rings (SSSR count). The number of nitrogens with zero attached hydrogens (tertiary/aromatic N) is 3. The van der Waals surface area contributed by atoms with Gasteiger partial charge in [-0.1, -0.05) is 6.92 Å². The van der Waals surface area contributed by atoms with Crippen molar-refractivity contribution in [3.63, 3.8) is 0 Å². The molecule has 2 unspecified atom stereocenters. The number of nitrogens with two attached hydrogens (primary N) is 1. The molecule has 0 spiro atoms. The summed E-state index contributed by atoms with van der Waals surface area (Å²) in [7, 11) is 1.91. The molecule has 1 saturated carbocycles. The van der Waals surface area contributed by atoms with Gasteiger partial charge in [0.1, 0.15) is 12.2 Å². The van der Waals surface area contributed by atoms with Crippen molar-refractivity contribution >= 4 is 0 Å². The van der Waals surface area contributed by atoms with E-state index in [4.69, 9.17) is 5.84 Å². The zero-order valence-electron chi connectivity index (χ0n) is 9.35. The number of aromatic nitrogens is 3. The zero-order chi connectivity index (χ0) is 10.8. The van der Waals surface area contributed by atoms with E-state index in [2.05, 4.69) is 22.4 Å². The second-order valence-corrected chi connectivity index (χ2v) is 4.47. The van der Waals surface area contributed by atoms with Crippen LogP contribution in [0.3, 0.4) is 0 Å². The van der Waals surface area contributed by atoms with Crippen molar-refractivity contribution in [1.29, 1.82) is 0 Å². The molecule has 0 aromatic carbocycles. The summed E-state index contributed by atoms with van der Waals surface area (Å²) in [6.45, 7) is 2.26. The van der Waals surface area contributed by atoms with Gasteiger partial charge in [0.05, 0.1) is 0 Å². The predicted octanol–water partition coefficient (Wildman–Crippen LogP) is 0.236. The van der Waals surface area contributed by atoms with E-state index in [0.29, 0.717) is 12.0 Å². The summed E-state index contributed by atoms with van der Waals surface area (Å²) in [5.74, 6) is 8.05. The molecule has 0 saturated heterocycles. The number of hydrogen-bond acceptors (Lipinski definition) is 4. The number of hydrazine groups is 1. The molecule has 2 atom stereocenters. The summed E-state index contributed by atoms with van der Waals surface area (Å²) in [5, 5.41) is 4.06. The SMILES string of the molecule is CC(C1CC1)C(Cc1ncnn1C)NN. The summed E-state index contributed by atoms with van der Waals surface area (Å²) in [6.07, 6.45) is 5.13. The summed E-state index contributed by atoms with van der Waals surface area (Å²) >= 11 is 0. The highest BCUT2D eigenvalue weighted by atomic mass is 15.3. The minimum atomic E-state index is 0.306. The first-order valence-corrected chi connectivity index (χ1v) is 5.51. The van der Waals surface area contributed by atoms with E-state index >= 15 is 0 Å². The van der Waals surface area contributed by atoms with Gasteiger partial charge in [-0.3, -0.25) is 16.0 Å². The molecule has 84 valence electrons. The minimum Gasteiger partial charge on any atom is -0.271 e. The quantitative estimate of drug-likeness (QED) is 0.538. The molecule has 1 heterocycles. The molecule has 0 bridgehead atoms. The van der Waals surface area contributed by atoms with Crippen LogP contribution in [0.4, 0.5) is 0 Å². The second kappa shape index (κ2) is 4.28. The highest BCUT2D eigenvalue weighted by molar-refractivity contribution is 4.94. The maximum absolute atomic E-state index is 5.60. The molecule has 1 aromatic rings. The molecule has 3 N–H and O–H groups in total. The highest BCUT2D eigenvalue weighted by Gasteiger charge is 2.33. The molecule has 15 heavy (non-hydrogen) atoms. The van der Waals surface area contributed by atoms with E-state index < -0.39 is 0 Å². The molecule has 0 aliphatic heterocycles. The second-order valence-electron chi connectivity index (χ2n) is 4.47. The molecular formula is C10H19N5. The van der Waals surface area contributed by atoms with Crippen LogP contribution in [0.1, 0.15) is 25.6 Å². The molecule has 0 radical (unpaired) electrons. The van der Waals surface area contributed by atoms with Gasteiger partial charge < -0.3 is 0 Å². The Morgan fingerprint density at radius 1 is 1.67 bits per heavy atom. The number of rotatable bonds is 5. The Morgan fingerprint density at radius 3 is 2.87 bits per heavy atom. The van der Waals surface area contributed by atoms with Crippen molar-refractivity contribution in [1.82, 2.24) is 20.2 Å². The molecule has 0 amide bonds. The summed E-state index contributed by atoms with van der Waals surface area (Å²) in [6, 6.07) is 0.306. The zero-order valence-corrected chi connectivity index (χ0v) is 9.35. The van der Waals surface area contributed by atoms with Crippen molar-refractivity contribution in [2.24, 2.45) is 24.7 Å². The van der Waals surface area contributed by atoms with Crippen LogP contribution in [0, 0.1) is 11.8 Å². The molecule has 1 aliphatic carbocycles. The van der Waals surface area contributed by atoms with Crippen molar-refractivity contribution in [2.75, 3.05) is 0 Å². The van der Waals surface area contributed by atoms with Gasteiger partial charge in [0.25, 0.3) is 0 Å². The normalized spacial score (nSPS) is 20.2. The van der Waals surface area contributed by atoms with Crippen molar-refractivity contribution in [3.05, 3.63) is 12.2 Å². The highest BCUT2D eigenvalue weighted by Crippen LogP contribution is 2.38. The van der Waals surface area contributed by atoms with Gasteiger partial charge in [0, 0.05) is 19.5 Å². The fourth-order valence-electron chi connectivity index (χ4n) is 2.05.